The van der Waals surface area contributed by atoms with Crippen LogP contribution >= 0.6 is 0 Å². The maximum atomic E-state index is 10.9. The highest BCUT2D eigenvalue weighted by Crippen LogP contribution is 2.20. The highest BCUT2D eigenvalue weighted by Gasteiger charge is 2.21. The molecule has 0 saturated carbocycles. The highest BCUT2D eigenvalue weighted by atomic mass is 16.5. The Hall–Kier alpha value is -2.34. The smallest absolute Gasteiger partial charge is 0.407 e. The van der Waals surface area contributed by atoms with E-state index in [1.807, 2.05) is 36.4 Å². The third kappa shape index (κ3) is 3.22. The predicted octanol–water partition coefficient (Wildman–Crippen LogP) is 2.14. The van der Waals surface area contributed by atoms with Gasteiger partial charge in [0, 0.05) is 44.4 Å². The SMILES string of the molecule is O=C(O)N1CCN(Cc2cc(-c3ccccc3)on2)CC1. The molecule has 0 radical (unpaired) electrons. The molecule has 6 nitrogen and oxygen atoms in total. The van der Waals surface area contributed by atoms with Crippen molar-refractivity contribution in [2.75, 3.05) is 26.2 Å². The number of hydrogen-bond acceptors (Lipinski definition) is 4. The van der Waals surface area contributed by atoms with E-state index in [4.69, 9.17) is 9.63 Å². The van der Waals surface area contributed by atoms with Crippen LogP contribution in [-0.4, -0.2) is 52.3 Å². The Bertz CT molecular complexity index is 604. The fourth-order valence-corrected chi connectivity index (χ4v) is 2.45. The normalized spacial score (nSPS) is 16.1. The molecule has 110 valence electrons. The van der Waals surface area contributed by atoms with Gasteiger partial charge in [-0.15, -0.1) is 0 Å². The van der Waals surface area contributed by atoms with Gasteiger partial charge in [0.1, 0.15) is 0 Å². The van der Waals surface area contributed by atoms with E-state index in [-0.39, 0.29) is 0 Å². The third-order valence-corrected chi connectivity index (χ3v) is 3.65. The van der Waals surface area contributed by atoms with Gasteiger partial charge in [-0.1, -0.05) is 35.5 Å². The van der Waals surface area contributed by atoms with Crippen molar-refractivity contribution in [3.05, 3.63) is 42.1 Å². The van der Waals surface area contributed by atoms with E-state index in [0.29, 0.717) is 19.6 Å². The first-order valence-corrected chi connectivity index (χ1v) is 6.93. The minimum Gasteiger partial charge on any atom is -0.465 e. The van der Waals surface area contributed by atoms with E-state index >= 15 is 0 Å². The molecule has 0 unspecified atom stereocenters. The molecule has 1 N–H and O–H groups in total. The van der Waals surface area contributed by atoms with E-state index in [1.165, 1.54) is 4.90 Å². The lowest BCUT2D eigenvalue weighted by atomic mass is 10.1. The summed E-state index contributed by atoms with van der Waals surface area (Å²) in [4.78, 5) is 14.5. The van der Waals surface area contributed by atoms with Gasteiger partial charge in [-0.2, -0.15) is 0 Å². The van der Waals surface area contributed by atoms with Crippen molar-refractivity contribution >= 4 is 6.09 Å². The fourth-order valence-electron chi connectivity index (χ4n) is 2.45. The van der Waals surface area contributed by atoms with Crippen LogP contribution in [0.4, 0.5) is 4.79 Å². The molecule has 1 saturated heterocycles. The van der Waals surface area contributed by atoms with Crippen molar-refractivity contribution in [3.8, 4) is 11.3 Å². The first-order valence-electron chi connectivity index (χ1n) is 6.93. The van der Waals surface area contributed by atoms with Crippen molar-refractivity contribution in [2.24, 2.45) is 0 Å². The van der Waals surface area contributed by atoms with Crippen molar-refractivity contribution < 1.29 is 14.4 Å². The van der Waals surface area contributed by atoms with Crippen LogP contribution in [0, 0.1) is 0 Å². The second-order valence-corrected chi connectivity index (χ2v) is 5.09. The van der Waals surface area contributed by atoms with Gasteiger partial charge in [0.25, 0.3) is 0 Å². The van der Waals surface area contributed by atoms with Crippen LogP contribution in [-0.2, 0) is 6.54 Å². The Kier molecular flexibility index (Phi) is 3.87. The standard InChI is InChI=1S/C15H17N3O3/c19-15(20)18-8-6-17(7-9-18)11-13-10-14(21-16-13)12-4-2-1-3-5-12/h1-5,10H,6-9,11H2,(H,19,20). The number of rotatable bonds is 3. The summed E-state index contributed by atoms with van der Waals surface area (Å²) in [6.45, 7) is 3.21. The summed E-state index contributed by atoms with van der Waals surface area (Å²) >= 11 is 0. The summed E-state index contributed by atoms with van der Waals surface area (Å²) in [6, 6.07) is 11.8. The van der Waals surface area contributed by atoms with Gasteiger partial charge in [-0.25, -0.2) is 4.79 Å². The quantitative estimate of drug-likeness (QED) is 0.936. The van der Waals surface area contributed by atoms with Gasteiger partial charge in [0.05, 0.1) is 5.69 Å². The molecule has 0 atom stereocenters. The fraction of sp³-hybridized carbons (Fsp3) is 0.333. The molecule has 3 rings (SSSR count). The molecule has 2 heterocycles. The van der Waals surface area contributed by atoms with Crippen LogP contribution in [0.15, 0.2) is 40.9 Å². The molecule has 0 bridgehead atoms. The monoisotopic (exact) mass is 287 g/mol. The lowest BCUT2D eigenvalue weighted by molar-refractivity contribution is 0.102. The Morgan fingerprint density at radius 1 is 1.19 bits per heavy atom. The number of piperazine rings is 1. The van der Waals surface area contributed by atoms with Crippen LogP contribution < -0.4 is 0 Å². The van der Waals surface area contributed by atoms with Gasteiger partial charge in [-0.3, -0.25) is 4.90 Å². The van der Waals surface area contributed by atoms with Crippen LogP contribution in [0.3, 0.4) is 0 Å². The van der Waals surface area contributed by atoms with Crippen LogP contribution in [0.5, 0.6) is 0 Å². The zero-order valence-electron chi connectivity index (χ0n) is 11.6. The van der Waals surface area contributed by atoms with E-state index in [1.54, 1.807) is 0 Å². The lowest BCUT2D eigenvalue weighted by Crippen LogP contribution is -2.47. The molecule has 1 fully saturated rings. The van der Waals surface area contributed by atoms with E-state index in [0.717, 1.165) is 30.1 Å². The summed E-state index contributed by atoms with van der Waals surface area (Å²) < 4.78 is 5.37. The molecule has 1 amide bonds. The average molecular weight is 287 g/mol. The predicted molar refractivity (Wildman–Crippen MR) is 76.8 cm³/mol. The minimum absolute atomic E-state index is 0.540. The largest absolute Gasteiger partial charge is 0.465 e. The summed E-state index contributed by atoms with van der Waals surface area (Å²) in [7, 11) is 0. The molecule has 0 aliphatic carbocycles. The van der Waals surface area contributed by atoms with Crippen molar-refractivity contribution in [1.82, 2.24) is 15.0 Å². The Morgan fingerprint density at radius 2 is 1.90 bits per heavy atom. The number of aromatic nitrogens is 1. The number of nitrogens with zero attached hydrogens (tertiary/aromatic N) is 3. The third-order valence-electron chi connectivity index (χ3n) is 3.65. The first-order chi connectivity index (χ1) is 10.2. The lowest BCUT2D eigenvalue weighted by Gasteiger charge is -2.32. The summed E-state index contributed by atoms with van der Waals surface area (Å²) in [6.07, 6.45) is -0.845. The van der Waals surface area contributed by atoms with E-state index in [9.17, 15) is 4.79 Å². The summed E-state index contributed by atoms with van der Waals surface area (Å²) in [5.74, 6) is 0.759. The van der Waals surface area contributed by atoms with Crippen molar-refractivity contribution in [1.29, 1.82) is 0 Å². The zero-order valence-corrected chi connectivity index (χ0v) is 11.6. The molecule has 1 aliphatic rings. The zero-order chi connectivity index (χ0) is 14.7. The first kappa shape index (κ1) is 13.6. The van der Waals surface area contributed by atoms with Crippen molar-refractivity contribution in [3.63, 3.8) is 0 Å². The molecule has 1 aliphatic heterocycles. The maximum Gasteiger partial charge on any atom is 0.407 e. The topological polar surface area (TPSA) is 69.8 Å². The minimum atomic E-state index is -0.845. The molecule has 2 aromatic rings. The number of carboxylic acid groups (broad SMARTS) is 1. The van der Waals surface area contributed by atoms with E-state index < -0.39 is 6.09 Å². The Morgan fingerprint density at radius 3 is 2.57 bits per heavy atom. The van der Waals surface area contributed by atoms with Gasteiger partial charge < -0.3 is 14.5 Å². The van der Waals surface area contributed by atoms with Gasteiger partial charge >= 0.3 is 6.09 Å². The van der Waals surface area contributed by atoms with Crippen LogP contribution in [0.2, 0.25) is 0 Å². The summed E-state index contributed by atoms with van der Waals surface area (Å²) in [5.41, 5.74) is 1.88. The van der Waals surface area contributed by atoms with Gasteiger partial charge in [-0.05, 0) is 0 Å². The number of hydrogen-bond donors (Lipinski definition) is 1. The maximum absolute atomic E-state index is 10.9. The summed E-state index contributed by atoms with van der Waals surface area (Å²) in [5, 5.41) is 13.0. The number of amides is 1. The van der Waals surface area contributed by atoms with E-state index in [2.05, 4.69) is 10.1 Å². The molecular formula is C15H17N3O3. The number of carbonyl (C=O) groups is 1. The van der Waals surface area contributed by atoms with Crippen LogP contribution in [0.1, 0.15) is 5.69 Å². The van der Waals surface area contributed by atoms with Crippen molar-refractivity contribution in [2.45, 2.75) is 6.54 Å². The van der Waals surface area contributed by atoms with Gasteiger partial charge in [0.15, 0.2) is 5.76 Å². The average Bonchev–Trinajstić information content (AvgIpc) is 2.97. The Labute approximate surface area is 122 Å². The molecule has 6 heteroatoms. The second kappa shape index (κ2) is 5.97. The number of benzene rings is 1. The molecule has 0 spiro atoms. The molecular weight excluding hydrogens is 270 g/mol. The van der Waals surface area contributed by atoms with Crippen LogP contribution in [0.25, 0.3) is 11.3 Å². The molecule has 1 aromatic carbocycles. The highest BCUT2D eigenvalue weighted by molar-refractivity contribution is 5.65. The Balaban J connectivity index is 1.60. The second-order valence-electron chi connectivity index (χ2n) is 5.09. The molecule has 1 aromatic heterocycles. The van der Waals surface area contributed by atoms with Gasteiger partial charge in [0.2, 0.25) is 0 Å². The molecule has 21 heavy (non-hydrogen) atoms.